The van der Waals surface area contributed by atoms with Gasteiger partial charge in [-0.15, -0.1) is 0 Å². The van der Waals surface area contributed by atoms with E-state index in [0.29, 0.717) is 16.4 Å². The molecule has 0 radical (unpaired) electrons. The average molecular weight is 446 g/mol. The molecule has 0 aromatic heterocycles. The number of nitrogens with one attached hydrogen (secondary N) is 2. The van der Waals surface area contributed by atoms with Crippen molar-refractivity contribution in [3.05, 3.63) is 93.0 Å². The van der Waals surface area contributed by atoms with Crippen LogP contribution in [0.25, 0.3) is 0 Å². The molecule has 30 heavy (non-hydrogen) atoms. The van der Waals surface area contributed by atoms with Crippen LogP contribution in [0.15, 0.2) is 71.6 Å². The van der Waals surface area contributed by atoms with Crippen LogP contribution in [0.3, 0.4) is 0 Å². The van der Waals surface area contributed by atoms with Gasteiger partial charge in [-0.3, -0.25) is 19.6 Å². The molecule has 0 atom stereocenters. The number of carbonyl (C=O) groups is 1. The first-order valence-electron chi connectivity index (χ1n) is 8.61. The van der Waals surface area contributed by atoms with Gasteiger partial charge in [-0.2, -0.15) is 0 Å². The van der Waals surface area contributed by atoms with Crippen LogP contribution in [-0.2, 0) is 10.0 Å². The van der Waals surface area contributed by atoms with Crippen LogP contribution in [-0.4, -0.2) is 19.2 Å². The SMILES string of the molecule is Cc1c(C(=O)Nc2ccc(S(=O)(=O)Nc3cccc(Cl)c3)cc2)cccc1[N+](=O)[O-]. The first-order valence-corrected chi connectivity index (χ1v) is 10.5. The summed E-state index contributed by atoms with van der Waals surface area (Å²) in [5.41, 5.74) is 0.901. The topological polar surface area (TPSA) is 118 Å². The zero-order chi connectivity index (χ0) is 21.9. The van der Waals surface area contributed by atoms with E-state index >= 15 is 0 Å². The maximum Gasteiger partial charge on any atom is 0.273 e. The van der Waals surface area contributed by atoms with Crippen LogP contribution in [0.5, 0.6) is 0 Å². The Morgan fingerprint density at radius 1 is 1.00 bits per heavy atom. The standard InChI is InChI=1S/C20H16ClN3O5S/c1-13-18(6-3-7-19(13)24(26)27)20(25)22-15-8-10-17(11-9-15)30(28,29)23-16-5-2-4-14(21)12-16/h2-12,23H,1H3,(H,22,25). The summed E-state index contributed by atoms with van der Waals surface area (Å²) < 4.78 is 27.4. The van der Waals surface area contributed by atoms with Crippen molar-refractivity contribution >= 4 is 44.6 Å². The number of carbonyl (C=O) groups excluding carboxylic acids is 1. The van der Waals surface area contributed by atoms with Gasteiger partial charge in [0.05, 0.1) is 15.5 Å². The van der Waals surface area contributed by atoms with Crippen LogP contribution in [0, 0.1) is 17.0 Å². The molecular formula is C20H16ClN3O5S. The molecule has 0 unspecified atom stereocenters. The number of benzene rings is 3. The van der Waals surface area contributed by atoms with Crippen LogP contribution >= 0.6 is 11.6 Å². The Kier molecular flexibility index (Phi) is 6.04. The zero-order valence-corrected chi connectivity index (χ0v) is 17.2. The third kappa shape index (κ3) is 4.76. The summed E-state index contributed by atoms with van der Waals surface area (Å²) in [7, 11) is -3.85. The van der Waals surface area contributed by atoms with Gasteiger partial charge >= 0.3 is 0 Å². The maximum atomic E-state index is 12.5. The smallest absolute Gasteiger partial charge is 0.273 e. The fourth-order valence-corrected chi connectivity index (χ4v) is 3.99. The second kappa shape index (κ2) is 8.52. The average Bonchev–Trinajstić information content (AvgIpc) is 2.68. The summed E-state index contributed by atoms with van der Waals surface area (Å²) in [6.45, 7) is 1.49. The van der Waals surface area contributed by atoms with E-state index in [4.69, 9.17) is 11.6 Å². The van der Waals surface area contributed by atoms with Crippen LogP contribution < -0.4 is 10.0 Å². The molecule has 0 aliphatic rings. The molecule has 0 aliphatic heterocycles. The van der Waals surface area contributed by atoms with Gasteiger partial charge in [0.15, 0.2) is 0 Å². The minimum atomic E-state index is -3.85. The molecule has 0 heterocycles. The van der Waals surface area contributed by atoms with Gasteiger partial charge in [0.25, 0.3) is 21.6 Å². The number of nitro benzene ring substituents is 1. The molecule has 0 spiro atoms. The molecule has 3 rings (SSSR count). The Morgan fingerprint density at radius 3 is 2.30 bits per heavy atom. The third-order valence-electron chi connectivity index (χ3n) is 4.25. The number of halogens is 1. The summed E-state index contributed by atoms with van der Waals surface area (Å²) in [6.07, 6.45) is 0. The van der Waals surface area contributed by atoms with Crippen molar-refractivity contribution in [1.82, 2.24) is 0 Å². The van der Waals surface area contributed by atoms with Crippen molar-refractivity contribution < 1.29 is 18.1 Å². The van der Waals surface area contributed by atoms with E-state index in [-0.39, 0.29) is 21.7 Å². The highest BCUT2D eigenvalue weighted by Gasteiger charge is 2.19. The van der Waals surface area contributed by atoms with Gasteiger partial charge in [-0.25, -0.2) is 8.42 Å². The Labute approximate surface area is 177 Å². The van der Waals surface area contributed by atoms with Gasteiger partial charge in [-0.1, -0.05) is 23.7 Å². The lowest BCUT2D eigenvalue weighted by atomic mass is 10.1. The molecule has 0 fully saturated rings. The highest BCUT2D eigenvalue weighted by atomic mass is 35.5. The number of hydrogen-bond acceptors (Lipinski definition) is 5. The zero-order valence-electron chi connectivity index (χ0n) is 15.6. The number of nitro groups is 1. The number of hydrogen-bond donors (Lipinski definition) is 2. The van der Waals surface area contributed by atoms with Crippen molar-refractivity contribution in [2.24, 2.45) is 0 Å². The Balaban J connectivity index is 1.77. The van der Waals surface area contributed by atoms with Crippen molar-refractivity contribution in [1.29, 1.82) is 0 Å². The van der Waals surface area contributed by atoms with Crippen LogP contribution in [0.4, 0.5) is 17.1 Å². The highest BCUT2D eigenvalue weighted by molar-refractivity contribution is 7.92. The number of sulfonamides is 1. The lowest BCUT2D eigenvalue weighted by Crippen LogP contribution is -2.15. The molecule has 10 heteroatoms. The van der Waals surface area contributed by atoms with E-state index in [0.717, 1.165) is 0 Å². The molecular weight excluding hydrogens is 430 g/mol. The normalized spacial score (nSPS) is 11.0. The molecule has 2 N–H and O–H groups in total. The summed E-state index contributed by atoms with van der Waals surface area (Å²) >= 11 is 5.87. The maximum absolute atomic E-state index is 12.5. The second-order valence-electron chi connectivity index (χ2n) is 6.30. The molecule has 0 bridgehead atoms. The molecule has 0 aliphatic carbocycles. The van der Waals surface area contributed by atoms with Gasteiger partial charge in [0.2, 0.25) is 0 Å². The van der Waals surface area contributed by atoms with Crippen LogP contribution in [0.1, 0.15) is 15.9 Å². The molecule has 3 aromatic carbocycles. The molecule has 3 aromatic rings. The van der Waals surface area contributed by atoms with E-state index < -0.39 is 20.9 Å². The van der Waals surface area contributed by atoms with Crippen molar-refractivity contribution in [2.75, 3.05) is 10.0 Å². The van der Waals surface area contributed by atoms with Gasteiger partial charge in [0, 0.05) is 27.9 Å². The second-order valence-corrected chi connectivity index (χ2v) is 8.42. The first kappa shape index (κ1) is 21.3. The molecule has 0 saturated heterocycles. The predicted molar refractivity (Wildman–Crippen MR) is 114 cm³/mol. The van der Waals surface area contributed by atoms with E-state index in [2.05, 4.69) is 10.0 Å². The van der Waals surface area contributed by atoms with E-state index in [9.17, 15) is 23.3 Å². The van der Waals surface area contributed by atoms with E-state index in [1.807, 2.05) is 0 Å². The predicted octanol–water partition coefficient (Wildman–Crippen LogP) is 4.61. The number of anilines is 2. The number of rotatable bonds is 6. The monoisotopic (exact) mass is 445 g/mol. The lowest BCUT2D eigenvalue weighted by Gasteiger charge is -2.10. The fraction of sp³-hybridized carbons (Fsp3) is 0.0500. The molecule has 8 nitrogen and oxygen atoms in total. The molecule has 1 amide bonds. The van der Waals surface area contributed by atoms with Gasteiger partial charge < -0.3 is 5.32 Å². The Bertz CT molecular complexity index is 1230. The van der Waals surface area contributed by atoms with Gasteiger partial charge in [-0.05, 0) is 55.5 Å². The van der Waals surface area contributed by atoms with E-state index in [1.165, 1.54) is 55.5 Å². The minimum absolute atomic E-state index is 0.00740. The fourth-order valence-electron chi connectivity index (χ4n) is 2.75. The number of amides is 1. The quantitative estimate of drug-likeness (QED) is 0.424. The third-order valence-corrected chi connectivity index (χ3v) is 5.88. The Morgan fingerprint density at radius 2 is 1.67 bits per heavy atom. The number of nitrogens with zero attached hydrogens (tertiary/aromatic N) is 1. The van der Waals surface area contributed by atoms with Crippen molar-refractivity contribution in [3.63, 3.8) is 0 Å². The summed E-state index contributed by atoms with van der Waals surface area (Å²) in [5, 5.41) is 14.0. The van der Waals surface area contributed by atoms with E-state index in [1.54, 1.807) is 18.2 Å². The summed E-state index contributed by atoms with van der Waals surface area (Å²) in [5.74, 6) is -0.538. The van der Waals surface area contributed by atoms with Crippen molar-refractivity contribution in [2.45, 2.75) is 11.8 Å². The highest BCUT2D eigenvalue weighted by Crippen LogP contribution is 2.23. The first-order chi connectivity index (χ1) is 14.2. The molecule has 154 valence electrons. The summed E-state index contributed by atoms with van der Waals surface area (Å²) in [6, 6.07) is 16.0. The van der Waals surface area contributed by atoms with Crippen LogP contribution in [0.2, 0.25) is 5.02 Å². The largest absolute Gasteiger partial charge is 0.322 e. The minimum Gasteiger partial charge on any atom is -0.322 e. The lowest BCUT2D eigenvalue weighted by molar-refractivity contribution is -0.385. The Hall–Kier alpha value is -3.43. The van der Waals surface area contributed by atoms with Gasteiger partial charge in [0.1, 0.15) is 0 Å². The summed E-state index contributed by atoms with van der Waals surface area (Å²) in [4.78, 5) is 23.0. The molecule has 0 saturated carbocycles. The van der Waals surface area contributed by atoms with Crippen molar-refractivity contribution in [3.8, 4) is 0 Å².